The number of nitrogens with one attached hydrogen (secondary N) is 1. The summed E-state index contributed by atoms with van der Waals surface area (Å²) in [5.74, 6) is -0.175. The maximum Gasteiger partial charge on any atom is 0.244 e. The number of ether oxygens (including phenoxy) is 1. The Kier molecular flexibility index (Phi) is 5.25. The number of amides is 1. The zero-order chi connectivity index (χ0) is 13.7. The molecule has 102 valence electrons. The summed E-state index contributed by atoms with van der Waals surface area (Å²) in [5, 5.41) is 3.84. The molecule has 0 aliphatic carbocycles. The van der Waals surface area contributed by atoms with Gasteiger partial charge in [0.15, 0.2) is 0 Å². The quantitative estimate of drug-likeness (QED) is 0.866. The van der Waals surface area contributed by atoms with Crippen LogP contribution in [0.4, 0.5) is 0 Å². The summed E-state index contributed by atoms with van der Waals surface area (Å²) in [4.78, 5) is 11.7. The van der Waals surface area contributed by atoms with Gasteiger partial charge in [-0.2, -0.15) is 0 Å². The van der Waals surface area contributed by atoms with Crippen molar-refractivity contribution in [2.45, 2.75) is 18.9 Å². The molecule has 1 aliphatic heterocycles. The van der Waals surface area contributed by atoms with Gasteiger partial charge in [-0.25, -0.2) is 0 Å². The Hall–Kier alpha value is -1.03. The predicted molar refractivity (Wildman–Crippen MR) is 77.5 cm³/mol. The molecule has 1 aromatic rings. The number of hydrogen-bond donors (Lipinski definition) is 1. The van der Waals surface area contributed by atoms with Crippen LogP contribution in [0.15, 0.2) is 24.3 Å². The number of benzene rings is 1. The molecule has 0 aromatic heterocycles. The van der Waals surface area contributed by atoms with Gasteiger partial charge >= 0.3 is 0 Å². The Morgan fingerprint density at radius 1 is 1.42 bits per heavy atom. The number of halogens is 2. The van der Waals surface area contributed by atoms with Crippen LogP contribution in [0.3, 0.4) is 0 Å². The van der Waals surface area contributed by atoms with Crippen molar-refractivity contribution in [3.05, 3.63) is 39.9 Å². The molecule has 1 amide bonds. The van der Waals surface area contributed by atoms with Crippen LogP contribution >= 0.6 is 23.2 Å². The lowest BCUT2D eigenvalue weighted by Gasteiger charge is -2.09. The molecule has 3 nitrogen and oxygen atoms in total. The average molecular weight is 300 g/mol. The molecule has 1 fully saturated rings. The fraction of sp³-hybridized carbons (Fsp3) is 0.357. The molecular formula is C14H15Cl2NO2. The van der Waals surface area contributed by atoms with Gasteiger partial charge in [-0.3, -0.25) is 4.79 Å². The number of rotatable bonds is 4. The summed E-state index contributed by atoms with van der Waals surface area (Å²) in [6.07, 6.45) is 5.25. The van der Waals surface area contributed by atoms with Crippen molar-refractivity contribution in [3.8, 4) is 0 Å². The minimum absolute atomic E-state index is 0.140. The lowest BCUT2D eigenvalue weighted by atomic mass is 10.2. The summed E-state index contributed by atoms with van der Waals surface area (Å²) in [6.45, 7) is 1.32. The summed E-state index contributed by atoms with van der Waals surface area (Å²) in [7, 11) is 0. The van der Waals surface area contributed by atoms with E-state index in [1.807, 2.05) is 0 Å². The highest BCUT2D eigenvalue weighted by Gasteiger charge is 2.15. The molecule has 0 spiro atoms. The Morgan fingerprint density at radius 3 is 2.79 bits per heavy atom. The first kappa shape index (κ1) is 14.4. The first-order valence-electron chi connectivity index (χ1n) is 6.18. The third kappa shape index (κ3) is 4.23. The Labute approximate surface area is 122 Å². The van der Waals surface area contributed by atoms with Gasteiger partial charge in [0, 0.05) is 34.8 Å². The molecule has 1 saturated heterocycles. The largest absolute Gasteiger partial charge is 0.376 e. The summed E-state index contributed by atoms with van der Waals surface area (Å²) >= 11 is 12.0. The first-order valence-corrected chi connectivity index (χ1v) is 6.94. The van der Waals surface area contributed by atoms with E-state index in [4.69, 9.17) is 27.9 Å². The van der Waals surface area contributed by atoms with Crippen LogP contribution in [-0.2, 0) is 9.53 Å². The van der Waals surface area contributed by atoms with E-state index in [1.54, 1.807) is 24.3 Å². The van der Waals surface area contributed by atoms with Crippen LogP contribution in [0.2, 0.25) is 10.0 Å². The fourth-order valence-electron chi connectivity index (χ4n) is 1.91. The second kappa shape index (κ2) is 6.94. The zero-order valence-electron chi connectivity index (χ0n) is 10.4. The molecular weight excluding hydrogens is 285 g/mol. The van der Waals surface area contributed by atoms with Crippen LogP contribution in [0.5, 0.6) is 0 Å². The van der Waals surface area contributed by atoms with Gasteiger partial charge in [0.05, 0.1) is 6.10 Å². The van der Waals surface area contributed by atoms with Crippen molar-refractivity contribution in [1.82, 2.24) is 5.32 Å². The fourth-order valence-corrected chi connectivity index (χ4v) is 2.43. The van der Waals surface area contributed by atoms with Crippen molar-refractivity contribution in [2.75, 3.05) is 13.2 Å². The molecule has 1 N–H and O–H groups in total. The standard InChI is InChI=1S/C14H15Cl2NO2/c15-12-4-1-5-13(16)11(12)6-7-14(18)17-9-10-3-2-8-19-10/h1,4-7,10H,2-3,8-9H2,(H,17,18)/b7-6+/t10-/m1/s1. The average Bonchev–Trinajstić information content (AvgIpc) is 2.89. The van der Waals surface area contributed by atoms with Crippen molar-refractivity contribution in [1.29, 1.82) is 0 Å². The maximum atomic E-state index is 11.7. The van der Waals surface area contributed by atoms with Gasteiger partial charge in [-0.15, -0.1) is 0 Å². The summed E-state index contributed by atoms with van der Waals surface area (Å²) in [6, 6.07) is 5.23. The zero-order valence-corrected chi connectivity index (χ0v) is 11.9. The van der Waals surface area contributed by atoms with E-state index in [0.717, 1.165) is 19.4 Å². The highest BCUT2D eigenvalue weighted by atomic mass is 35.5. The third-order valence-electron chi connectivity index (χ3n) is 2.93. The molecule has 0 bridgehead atoms. The van der Waals surface area contributed by atoms with Gasteiger partial charge < -0.3 is 10.1 Å². The van der Waals surface area contributed by atoms with E-state index < -0.39 is 0 Å². The molecule has 1 aliphatic rings. The number of carbonyl (C=O) groups excluding carboxylic acids is 1. The van der Waals surface area contributed by atoms with E-state index in [9.17, 15) is 4.79 Å². The van der Waals surface area contributed by atoms with Crippen LogP contribution in [-0.4, -0.2) is 25.2 Å². The van der Waals surface area contributed by atoms with Gasteiger partial charge in [0.1, 0.15) is 0 Å². The van der Waals surface area contributed by atoms with Gasteiger partial charge in [0.2, 0.25) is 5.91 Å². The Balaban J connectivity index is 1.88. The van der Waals surface area contributed by atoms with E-state index in [1.165, 1.54) is 6.08 Å². The van der Waals surface area contributed by atoms with Crippen molar-refractivity contribution < 1.29 is 9.53 Å². The smallest absolute Gasteiger partial charge is 0.244 e. The molecule has 0 saturated carbocycles. The number of carbonyl (C=O) groups is 1. The summed E-state index contributed by atoms with van der Waals surface area (Å²) < 4.78 is 5.42. The molecule has 19 heavy (non-hydrogen) atoms. The van der Waals surface area contributed by atoms with Crippen LogP contribution in [0.1, 0.15) is 18.4 Å². The Morgan fingerprint density at radius 2 is 2.16 bits per heavy atom. The van der Waals surface area contributed by atoms with Crippen molar-refractivity contribution in [3.63, 3.8) is 0 Å². The lowest BCUT2D eigenvalue weighted by Crippen LogP contribution is -2.30. The van der Waals surface area contributed by atoms with Gasteiger partial charge in [-0.05, 0) is 31.1 Å². The third-order valence-corrected chi connectivity index (χ3v) is 3.59. The second-order valence-corrected chi connectivity index (χ2v) is 5.16. The second-order valence-electron chi connectivity index (χ2n) is 4.35. The van der Waals surface area contributed by atoms with Crippen molar-refractivity contribution >= 4 is 35.2 Å². The van der Waals surface area contributed by atoms with Gasteiger partial charge in [0.25, 0.3) is 0 Å². The molecule has 1 heterocycles. The molecule has 1 aromatic carbocycles. The first-order chi connectivity index (χ1) is 9.16. The highest BCUT2D eigenvalue weighted by molar-refractivity contribution is 6.37. The minimum Gasteiger partial charge on any atom is -0.376 e. The van der Waals surface area contributed by atoms with Crippen molar-refractivity contribution in [2.24, 2.45) is 0 Å². The molecule has 2 rings (SSSR count). The Bertz CT molecular complexity index is 462. The lowest BCUT2D eigenvalue weighted by molar-refractivity contribution is -0.116. The number of hydrogen-bond acceptors (Lipinski definition) is 2. The molecule has 0 radical (unpaired) electrons. The molecule has 5 heteroatoms. The molecule has 1 atom stereocenters. The van der Waals surface area contributed by atoms with E-state index in [2.05, 4.69) is 5.32 Å². The normalized spacial score (nSPS) is 18.9. The van der Waals surface area contributed by atoms with Crippen LogP contribution < -0.4 is 5.32 Å². The van der Waals surface area contributed by atoms with Crippen LogP contribution in [0.25, 0.3) is 6.08 Å². The SMILES string of the molecule is O=C(/C=C/c1c(Cl)cccc1Cl)NC[C@H]1CCCO1. The predicted octanol–water partition coefficient (Wildman–Crippen LogP) is 3.30. The molecule has 0 unspecified atom stereocenters. The van der Waals surface area contributed by atoms with E-state index >= 15 is 0 Å². The monoisotopic (exact) mass is 299 g/mol. The minimum atomic E-state index is -0.175. The highest BCUT2D eigenvalue weighted by Crippen LogP contribution is 2.25. The topological polar surface area (TPSA) is 38.3 Å². The summed E-state index contributed by atoms with van der Waals surface area (Å²) in [5.41, 5.74) is 0.651. The maximum absolute atomic E-state index is 11.7. The van der Waals surface area contributed by atoms with Crippen LogP contribution in [0, 0.1) is 0 Å². The van der Waals surface area contributed by atoms with E-state index in [-0.39, 0.29) is 12.0 Å². The van der Waals surface area contributed by atoms with E-state index in [0.29, 0.717) is 22.2 Å². The van der Waals surface area contributed by atoms with Gasteiger partial charge in [-0.1, -0.05) is 29.3 Å².